The van der Waals surface area contributed by atoms with Gasteiger partial charge in [-0.25, -0.2) is 0 Å². The second-order valence-electron chi connectivity index (χ2n) is 4.74. The topological polar surface area (TPSA) is 12.0 Å². The third kappa shape index (κ3) is 2.20. The molecule has 0 fully saturated rings. The van der Waals surface area contributed by atoms with Gasteiger partial charge in [0.1, 0.15) is 0 Å². The van der Waals surface area contributed by atoms with Gasteiger partial charge in [-0.1, -0.05) is 0 Å². The van der Waals surface area contributed by atoms with E-state index in [2.05, 4.69) is 50.5 Å². The highest BCUT2D eigenvalue weighted by atomic mass is 79.9. The molecule has 2 unspecified atom stereocenters. The molecule has 0 bridgehead atoms. The summed E-state index contributed by atoms with van der Waals surface area (Å²) < 4.78 is 1.24. The molecular weight excluding hydrogens is 326 g/mol. The van der Waals surface area contributed by atoms with Gasteiger partial charge in [-0.3, -0.25) is 0 Å². The van der Waals surface area contributed by atoms with Crippen molar-refractivity contribution in [2.45, 2.75) is 31.2 Å². The maximum atomic E-state index is 3.68. The number of hydrogen-bond donors (Lipinski definition) is 1. The standard InChI is InChI=1S/C14H16BrNS2/c1-16-14(11-7-17-8-12(11)15)10-3-2-4-13-9(10)5-6-18-13/h5-8,10,14,16H,2-4H2,1H3. The number of hydrogen-bond acceptors (Lipinski definition) is 3. The molecule has 0 saturated heterocycles. The molecule has 1 aliphatic rings. The van der Waals surface area contributed by atoms with Crippen LogP contribution in [-0.2, 0) is 6.42 Å². The van der Waals surface area contributed by atoms with Crippen molar-refractivity contribution in [1.29, 1.82) is 0 Å². The zero-order chi connectivity index (χ0) is 12.5. The lowest BCUT2D eigenvalue weighted by Crippen LogP contribution is -2.26. The molecule has 0 saturated carbocycles. The van der Waals surface area contributed by atoms with Crippen molar-refractivity contribution >= 4 is 38.6 Å². The van der Waals surface area contributed by atoms with Crippen molar-refractivity contribution in [3.63, 3.8) is 0 Å². The average Bonchev–Trinajstić information content (AvgIpc) is 3.00. The molecule has 0 radical (unpaired) electrons. The summed E-state index contributed by atoms with van der Waals surface area (Å²) in [5, 5.41) is 10.2. The Morgan fingerprint density at radius 3 is 3.06 bits per heavy atom. The Hall–Kier alpha value is -0.160. The molecule has 2 heterocycles. The molecule has 1 nitrogen and oxygen atoms in total. The van der Waals surface area contributed by atoms with Crippen LogP contribution in [0, 0.1) is 0 Å². The molecule has 1 aliphatic carbocycles. The Balaban J connectivity index is 1.97. The predicted molar refractivity (Wildman–Crippen MR) is 83.8 cm³/mol. The van der Waals surface area contributed by atoms with Crippen LogP contribution in [0.3, 0.4) is 0 Å². The number of nitrogens with one attached hydrogen (secondary N) is 1. The van der Waals surface area contributed by atoms with Crippen molar-refractivity contribution in [3.05, 3.63) is 42.7 Å². The summed E-state index contributed by atoms with van der Waals surface area (Å²) in [6.45, 7) is 0. The number of likely N-dealkylation sites (N-methyl/N-ethyl adjacent to an activating group) is 1. The molecule has 0 aromatic carbocycles. The van der Waals surface area contributed by atoms with Gasteiger partial charge >= 0.3 is 0 Å². The molecule has 2 aromatic rings. The van der Waals surface area contributed by atoms with Gasteiger partial charge in [0, 0.05) is 26.7 Å². The molecule has 0 spiro atoms. The highest BCUT2D eigenvalue weighted by Crippen LogP contribution is 2.44. The minimum Gasteiger partial charge on any atom is -0.312 e. The Kier molecular flexibility index (Phi) is 3.89. The highest BCUT2D eigenvalue weighted by Gasteiger charge is 2.30. The molecule has 18 heavy (non-hydrogen) atoms. The van der Waals surface area contributed by atoms with E-state index in [0.717, 1.165) is 0 Å². The molecule has 0 amide bonds. The maximum Gasteiger partial charge on any atom is 0.0407 e. The van der Waals surface area contributed by atoms with E-state index in [1.165, 1.54) is 29.3 Å². The van der Waals surface area contributed by atoms with Crippen LogP contribution in [0.15, 0.2) is 26.7 Å². The maximum absolute atomic E-state index is 3.68. The predicted octanol–water partition coefficient (Wildman–Crippen LogP) is 4.95. The third-order valence-corrected chi connectivity index (χ3v) is 6.54. The van der Waals surface area contributed by atoms with Crippen molar-refractivity contribution in [2.75, 3.05) is 7.05 Å². The normalized spacial score (nSPS) is 20.7. The molecule has 3 rings (SSSR count). The third-order valence-electron chi connectivity index (χ3n) is 3.79. The van der Waals surface area contributed by atoms with Gasteiger partial charge in [-0.15, -0.1) is 11.3 Å². The van der Waals surface area contributed by atoms with Gasteiger partial charge in [-0.05, 0) is 70.2 Å². The Labute approximate surface area is 124 Å². The van der Waals surface area contributed by atoms with E-state index >= 15 is 0 Å². The molecule has 2 aromatic heterocycles. The lowest BCUT2D eigenvalue weighted by Gasteiger charge is -2.30. The first kappa shape index (κ1) is 12.9. The van der Waals surface area contributed by atoms with Gasteiger partial charge in [0.05, 0.1) is 0 Å². The van der Waals surface area contributed by atoms with E-state index in [1.54, 1.807) is 21.8 Å². The number of rotatable bonds is 3. The first-order chi connectivity index (χ1) is 8.81. The zero-order valence-electron chi connectivity index (χ0n) is 10.3. The van der Waals surface area contributed by atoms with Crippen LogP contribution >= 0.6 is 38.6 Å². The van der Waals surface area contributed by atoms with Crippen LogP contribution in [0.1, 0.15) is 40.8 Å². The summed E-state index contributed by atoms with van der Waals surface area (Å²) in [6, 6.07) is 2.76. The van der Waals surface area contributed by atoms with E-state index in [9.17, 15) is 0 Å². The van der Waals surface area contributed by atoms with Gasteiger partial charge in [0.15, 0.2) is 0 Å². The summed E-state index contributed by atoms with van der Waals surface area (Å²) in [7, 11) is 2.08. The molecule has 0 aliphatic heterocycles. The fraction of sp³-hybridized carbons (Fsp3) is 0.429. The zero-order valence-corrected chi connectivity index (χ0v) is 13.5. The quantitative estimate of drug-likeness (QED) is 0.832. The first-order valence-corrected chi connectivity index (χ1v) is 8.88. The SMILES string of the molecule is CNC(c1cscc1Br)C1CCCc2sccc21. The fourth-order valence-corrected chi connectivity index (χ4v) is 5.53. The van der Waals surface area contributed by atoms with Crippen molar-refractivity contribution < 1.29 is 0 Å². The van der Waals surface area contributed by atoms with Crippen LogP contribution in [0.25, 0.3) is 0 Å². The van der Waals surface area contributed by atoms with E-state index < -0.39 is 0 Å². The molecule has 2 atom stereocenters. The second-order valence-corrected chi connectivity index (χ2v) is 7.34. The summed E-state index contributed by atoms with van der Waals surface area (Å²) in [5.41, 5.74) is 2.98. The van der Waals surface area contributed by atoms with E-state index in [0.29, 0.717) is 12.0 Å². The molecular formula is C14H16BrNS2. The highest BCUT2D eigenvalue weighted by molar-refractivity contribution is 9.10. The smallest absolute Gasteiger partial charge is 0.0407 e. The summed E-state index contributed by atoms with van der Waals surface area (Å²) in [6.07, 6.45) is 3.88. The van der Waals surface area contributed by atoms with E-state index in [1.807, 2.05) is 11.3 Å². The number of aryl methyl sites for hydroxylation is 1. The van der Waals surface area contributed by atoms with Crippen molar-refractivity contribution in [1.82, 2.24) is 5.32 Å². The van der Waals surface area contributed by atoms with E-state index in [4.69, 9.17) is 0 Å². The van der Waals surface area contributed by atoms with Gasteiger partial charge < -0.3 is 5.32 Å². The van der Waals surface area contributed by atoms with Crippen LogP contribution in [0.2, 0.25) is 0 Å². The number of fused-ring (bicyclic) bond motifs is 1. The summed E-state index contributed by atoms with van der Waals surface area (Å²) >= 11 is 7.37. The Morgan fingerprint density at radius 2 is 2.33 bits per heavy atom. The molecule has 4 heteroatoms. The molecule has 1 N–H and O–H groups in total. The first-order valence-electron chi connectivity index (χ1n) is 6.26. The Bertz CT molecular complexity index is 531. The number of halogens is 1. The summed E-state index contributed by atoms with van der Waals surface area (Å²) in [4.78, 5) is 1.60. The lowest BCUT2D eigenvalue weighted by atomic mass is 9.80. The van der Waals surface area contributed by atoms with Crippen LogP contribution in [0.5, 0.6) is 0 Å². The van der Waals surface area contributed by atoms with Crippen LogP contribution in [-0.4, -0.2) is 7.05 Å². The average molecular weight is 342 g/mol. The minimum absolute atomic E-state index is 0.430. The number of thiophene rings is 2. The van der Waals surface area contributed by atoms with Crippen molar-refractivity contribution in [2.24, 2.45) is 0 Å². The van der Waals surface area contributed by atoms with Crippen LogP contribution < -0.4 is 5.32 Å². The molecule has 96 valence electrons. The van der Waals surface area contributed by atoms with Crippen molar-refractivity contribution in [3.8, 4) is 0 Å². The summed E-state index contributed by atoms with van der Waals surface area (Å²) in [5.74, 6) is 0.621. The van der Waals surface area contributed by atoms with Gasteiger partial charge in [-0.2, -0.15) is 11.3 Å². The minimum atomic E-state index is 0.430. The van der Waals surface area contributed by atoms with Gasteiger partial charge in [0.2, 0.25) is 0 Å². The largest absolute Gasteiger partial charge is 0.312 e. The van der Waals surface area contributed by atoms with E-state index in [-0.39, 0.29) is 0 Å². The van der Waals surface area contributed by atoms with Gasteiger partial charge in [0.25, 0.3) is 0 Å². The lowest BCUT2D eigenvalue weighted by molar-refractivity contribution is 0.428. The van der Waals surface area contributed by atoms with Crippen LogP contribution in [0.4, 0.5) is 0 Å². The monoisotopic (exact) mass is 341 g/mol. The second kappa shape index (κ2) is 5.45. The fourth-order valence-electron chi connectivity index (χ4n) is 2.96. The Morgan fingerprint density at radius 1 is 1.44 bits per heavy atom.